The van der Waals surface area contributed by atoms with Crippen LogP contribution < -0.4 is 10.6 Å². The minimum Gasteiger partial charge on any atom is -0.396 e. The summed E-state index contributed by atoms with van der Waals surface area (Å²) in [5.41, 5.74) is 1.86. The number of carbonyl (C=O) groups is 1. The van der Waals surface area contributed by atoms with Gasteiger partial charge in [0.15, 0.2) is 0 Å². The van der Waals surface area contributed by atoms with Crippen molar-refractivity contribution in [3.05, 3.63) is 45.7 Å². The summed E-state index contributed by atoms with van der Waals surface area (Å²) in [4.78, 5) is 21.5. The minimum absolute atomic E-state index is 0.00397. The number of pyridine rings is 1. The van der Waals surface area contributed by atoms with Gasteiger partial charge in [0, 0.05) is 35.8 Å². The van der Waals surface area contributed by atoms with Crippen molar-refractivity contribution in [1.82, 2.24) is 20.6 Å². The lowest BCUT2D eigenvalue weighted by Gasteiger charge is -2.15. The average molecular weight is 334 g/mol. The predicted molar refractivity (Wildman–Crippen MR) is 90.3 cm³/mol. The van der Waals surface area contributed by atoms with E-state index < -0.39 is 0 Å². The predicted octanol–water partition coefficient (Wildman–Crippen LogP) is 1.81. The van der Waals surface area contributed by atoms with Crippen molar-refractivity contribution >= 4 is 17.4 Å². The maximum Gasteiger partial charge on any atom is 0.315 e. The first-order chi connectivity index (χ1) is 11.1. The minimum atomic E-state index is -0.241. The second kappa shape index (κ2) is 8.59. The van der Waals surface area contributed by atoms with Gasteiger partial charge in [-0.3, -0.25) is 4.98 Å². The summed E-state index contributed by atoms with van der Waals surface area (Å²) in [5, 5.41) is 16.1. The van der Waals surface area contributed by atoms with Gasteiger partial charge in [0.1, 0.15) is 0 Å². The number of carbonyl (C=O) groups excluding carboxylic acids is 1. The third-order valence-electron chi connectivity index (χ3n) is 3.44. The quantitative estimate of drug-likeness (QED) is 0.720. The van der Waals surface area contributed by atoms with E-state index in [-0.39, 0.29) is 18.6 Å². The Hall–Kier alpha value is -1.99. The Labute approximate surface area is 140 Å². The van der Waals surface area contributed by atoms with E-state index in [9.17, 15) is 9.90 Å². The summed E-state index contributed by atoms with van der Waals surface area (Å²) in [6, 6.07) is 5.44. The van der Waals surface area contributed by atoms with Gasteiger partial charge in [0.25, 0.3) is 0 Å². The first-order valence-electron chi connectivity index (χ1n) is 7.54. The van der Waals surface area contributed by atoms with E-state index in [0.717, 1.165) is 21.3 Å². The third kappa shape index (κ3) is 5.61. The Morgan fingerprint density at radius 1 is 1.35 bits per heavy atom. The van der Waals surface area contributed by atoms with Gasteiger partial charge in [0.2, 0.25) is 0 Å². The molecular formula is C16H22N4O2S. The SMILES string of the molecule is Cc1nc(C)c(CNC(=O)NCC(CO)Cc2ccccn2)s1. The molecule has 0 bridgehead atoms. The number of nitrogens with one attached hydrogen (secondary N) is 2. The van der Waals surface area contributed by atoms with Gasteiger partial charge in [-0.05, 0) is 32.4 Å². The van der Waals surface area contributed by atoms with Gasteiger partial charge in [-0.15, -0.1) is 11.3 Å². The Morgan fingerprint density at radius 2 is 2.17 bits per heavy atom. The maximum absolute atomic E-state index is 11.9. The molecule has 0 saturated carbocycles. The van der Waals surface area contributed by atoms with Crippen LogP contribution in [0.25, 0.3) is 0 Å². The fourth-order valence-corrected chi connectivity index (χ4v) is 3.09. The largest absolute Gasteiger partial charge is 0.396 e. The Morgan fingerprint density at radius 3 is 2.78 bits per heavy atom. The lowest BCUT2D eigenvalue weighted by molar-refractivity contribution is 0.213. The van der Waals surface area contributed by atoms with Crippen molar-refractivity contribution in [2.24, 2.45) is 5.92 Å². The number of aromatic nitrogens is 2. The molecule has 0 aliphatic rings. The van der Waals surface area contributed by atoms with E-state index in [1.807, 2.05) is 32.0 Å². The topological polar surface area (TPSA) is 87.1 Å². The zero-order chi connectivity index (χ0) is 16.7. The molecule has 23 heavy (non-hydrogen) atoms. The summed E-state index contributed by atoms with van der Waals surface area (Å²) in [6.07, 6.45) is 2.36. The van der Waals surface area contributed by atoms with Crippen LogP contribution in [-0.2, 0) is 13.0 Å². The summed E-state index contributed by atoms with van der Waals surface area (Å²) in [5.74, 6) is -0.0527. The normalized spacial score (nSPS) is 12.0. The van der Waals surface area contributed by atoms with Crippen LogP contribution in [0.15, 0.2) is 24.4 Å². The highest BCUT2D eigenvalue weighted by atomic mass is 32.1. The molecule has 0 aliphatic heterocycles. The Bertz CT molecular complexity index is 630. The van der Waals surface area contributed by atoms with Crippen molar-refractivity contribution < 1.29 is 9.90 Å². The molecule has 0 fully saturated rings. The Kier molecular flexibility index (Phi) is 6.49. The van der Waals surface area contributed by atoms with Crippen LogP contribution in [-0.4, -0.2) is 34.3 Å². The van der Waals surface area contributed by atoms with Crippen LogP contribution in [0.2, 0.25) is 0 Å². The number of urea groups is 1. The second-order valence-electron chi connectivity index (χ2n) is 5.38. The monoisotopic (exact) mass is 334 g/mol. The maximum atomic E-state index is 11.9. The lowest BCUT2D eigenvalue weighted by Crippen LogP contribution is -2.39. The summed E-state index contributed by atoms with van der Waals surface area (Å²) < 4.78 is 0. The van der Waals surface area contributed by atoms with Gasteiger partial charge < -0.3 is 15.7 Å². The molecule has 0 saturated heterocycles. The van der Waals surface area contributed by atoms with E-state index in [4.69, 9.17) is 0 Å². The number of amides is 2. The number of aryl methyl sites for hydroxylation is 2. The molecule has 1 unspecified atom stereocenters. The lowest BCUT2D eigenvalue weighted by atomic mass is 10.0. The molecule has 2 rings (SSSR count). The molecule has 0 radical (unpaired) electrons. The Balaban J connectivity index is 1.75. The summed E-state index contributed by atoms with van der Waals surface area (Å²) in [6.45, 7) is 4.76. The van der Waals surface area contributed by atoms with Crippen LogP contribution in [0, 0.1) is 19.8 Å². The van der Waals surface area contributed by atoms with E-state index in [2.05, 4.69) is 20.6 Å². The van der Waals surface area contributed by atoms with Crippen LogP contribution in [0.4, 0.5) is 4.79 Å². The highest BCUT2D eigenvalue weighted by Crippen LogP contribution is 2.16. The van der Waals surface area contributed by atoms with Crippen molar-refractivity contribution in [2.45, 2.75) is 26.8 Å². The fraction of sp³-hybridized carbons (Fsp3) is 0.438. The summed E-state index contributed by atoms with van der Waals surface area (Å²) >= 11 is 1.59. The number of hydrogen-bond donors (Lipinski definition) is 3. The van der Waals surface area contributed by atoms with Crippen molar-refractivity contribution in [3.8, 4) is 0 Å². The van der Waals surface area contributed by atoms with Crippen molar-refractivity contribution in [1.29, 1.82) is 0 Å². The molecule has 1 atom stereocenters. The molecule has 0 aliphatic carbocycles. The van der Waals surface area contributed by atoms with Crippen LogP contribution in [0.1, 0.15) is 21.3 Å². The highest BCUT2D eigenvalue weighted by Gasteiger charge is 2.12. The molecule has 0 spiro atoms. The van der Waals surface area contributed by atoms with E-state index in [1.54, 1.807) is 17.5 Å². The van der Waals surface area contributed by atoms with Gasteiger partial charge in [-0.25, -0.2) is 9.78 Å². The first kappa shape index (κ1) is 17.4. The molecule has 0 aromatic carbocycles. The molecule has 2 aromatic rings. The molecule has 124 valence electrons. The third-order valence-corrected chi connectivity index (χ3v) is 4.52. The highest BCUT2D eigenvalue weighted by molar-refractivity contribution is 7.11. The molecule has 2 aromatic heterocycles. The number of rotatable bonds is 7. The molecular weight excluding hydrogens is 312 g/mol. The number of hydrogen-bond acceptors (Lipinski definition) is 5. The van der Waals surface area contributed by atoms with Crippen molar-refractivity contribution in [2.75, 3.05) is 13.2 Å². The summed E-state index contributed by atoms with van der Waals surface area (Å²) in [7, 11) is 0. The smallest absolute Gasteiger partial charge is 0.315 e. The zero-order valence-corrected chi connectivity index (χ0v) is 14.2. The van der Waals surface area contributed by atoms with Crippen LogP contribution >= 0.6 is 11.3 Å². The first-order valence-corrected chi connectivity index (χ1v) is 8.35. The zero-order valence-electron chi connectivity index (χ0n) is 13.4. The number of aliphatic hydroxyl groups excluding tert-OH is 1. The van der Waals surface area contributed by atoms with Crippen LogP contribution in [0.3, 0.4) is 0 Å². The van der Waals surface area contributed by atoms with E-state index >= 15 is 0 Å². The van der Waals surface area contributed by atoms with Gasteiger partial charge in [-0.1, -0.05) is 6.07 Å². The standard InChI is InChI=1S/C16H22N4O2S/c1-11-15(23-12(2)20-11)9-19-16(22)18-8-13(10-21)7-14-5-3-4-6-17-14/h3-6,13,21H,7-10H2,1-2H3,(H2,18,19,22). The molecule has 7 heteroatoms. The average Bonchev–Trinajstić information content (AvgIpc) is 2.88. The van der Waals surface area contributed by atoms with Gasteiger partial charge >= 0.3 is 6.03 Å². The van der Waals surface area contributed by atoms with Crippen LogP contribution in [0.5, 0.6) is 0 Å². The number of nitrogens with zero attached hydrogens (tertiary/aromatic N) is 2. The fourth-order valence-electron chi connectivity index (χ4n) is 2.21. The molecule has 6 nitrogen and oxygen atoms in total. The second-order valence-corrected chi connectivity index (χ2v) is 6.67. The molecule has 2 heterocycles. The van der Waals surface area contributed by atoms with Crippen molar-refractivity contribution in [3.63, 3.8) is 0 Å². The molecule has 3 N–H and O–H groups in total. The van der Waals surface area contributed by atoms with E-state index in [1.165, 1.54) is 0 Å². The number of thiazole rings is 1. The van der Waals surface area contributed by atoms with Gasteiger partial charge in [0.05, 0.1) is 17.2 Å². The number of aliphatic hydroxyl groups is 1. The van der Waals surface area contributed by atoms with Gasteiger partial charge in [-0.2, -0.15) is 0 Å². The van der Waals surface area contributed by atoms with E-state index in [0.29, 0.717) is 19.5 Å². The molecule has 2 amide bonds.